The predicted octanol–water partition coefficient (Wildman–Crippen LogP) is 0.252. The van der Waals surface area contributed by atoms with E-state index in [-0.39, 0.29) is 18.7 Å². The molecule has 1 aromatic rings. The molecule has 1 aliphatic rings. The van der Waals surface area contributed by atoms with Gasteiger partial charge in [0, 0.05) is 18.7 Å². The van der Waals surface area contributed by atoms with Crippen LogP contribution in [0.3, 0.4) is 0 Å². The van der Waals surface area contributed by atoms with Gasteiger partial charge in [-0.3, -0.25) is 19.1 Å². The maximum atomic E-state index is 11.8. The minimum atomic E-state index is -0.612. The van der Waals surface area contributed by atoms with Crippen molar-refractivity contribution in [2.24, 2.45) is 0 Å². The van der Waals surface area contributed by atoms with E-state index in [1.54, 1.807) is 13.0 Å². The molecule has 2 heterocycles. The highest BCUT2D eigenvalue weighted by Gasteiger charge is 2.27. The van der Waals surface area contributed by atoms with Gasteiger partial charge < -0.3 is 9.47 Å². The first-order chi connectivity index (χ1) is 9.38. The Hall–Kier alpha value is -2.15. The van der Waals surface area contributed by atoms with Crippen molar-refractivity contribution in [2.45, 2.75) is 33.1 Å². The number of carbonyl (C=O) groups is 1. The van der Waals surface area contributed by atoms with E-state index in [0.717, 1.165) is 5.57 Å². The van der Waals surface area contributed by atoms with Gasteiger partial charge >= 0.3 is 11.7 Å². The van der Waals surface area contributed by atoms with Crippen LogP contribution in [0.15, 0.2) is 27.4 Å². The number of H-pyrrole nitrogens is 1. The molecule has 0 amide bonds. The van der Waals surface area contributed by atoms with Crippen molar-refractivity contribution >= 4 is 5.97 Å². The molecule has 0 bridgehead atoms. The van der Waals surface area contributed by atoms with Crippen molar-refractivity contribution in [1.82, 2.24) is 9.55 Å². The van der Waals surface area contributed by atoms with E-state index in [1.807, 2.05) is 6.92 Å². The Labute approximate surface area is 114 Å². The molecule has 0 saturated heterocycles. The second-order valence-electron chi connectivity index (χ2n) is 4.71. The Balaban J connectivity index is 2.21. The number of rotatable bonds is 3. The molecule has 0 radical (unpaired) electrons. The Morgan fingerprint density at radius 3 is 2.80 bits per heavy atom. The summed E-state index contributed by atoms with van der Waals surface area (Å²) in [6.07, 6.45) is 2.21. The van der Waals surface area contributed by atoms with Crippen molar-refractivity contribution < 1.29 is 14.3 Å². The van der Waals surface area contributed by atoms with Crippen molar-refractivity contribution in [1.29, 1.82) is 0 Å². The molecule has 0 spiro atoms. The molecular formula is C13H16N2O5. The third-order valence-electron chi connectivity index (χ3n) is 3.08. The zero-order valence-electron chi connectivity index (χ0n) is 11.5. The van der Waals surface area contributed by atoms with Crippen LogP contribution in [0.1, 0.15) is 25.6 Å². The Kier molecular flexibility index (Phi) is 3.89. The van der Waals surface area contributed by atoms with Gasteiger partial charge in [0.25, 0.3) is 5.56 Å². The Bertz CT molecular complexity index is 670. The SMILES string of the molecule is CC(=O)OCC1OC(n2cc(C)c(=O)[nH]c2=O)C=C1C. The van der Waals surface area contributed by atoms with Crippen LogP contribution in [0, 0.1) is 6.92 Å². The molecule has 7 nitrogen and oxygen atoms in total. The van der Waals surface area contributed by atoms with Gasteiger partial charge in [-0.2, -0.15) is 0 Å². The number of nitrogens with zero attached hydrogens (tertiary/aromatic N) is 1. The topological polar surface area (TPSA) is 90.4 Å². The summed E-state index contributed by atoms with van der Waals surface area (Å²) in [5.74, 6) is -0.387. The van der Waals surface area contributed by atoms with E-state index in [4.69, 9.17) is 9.47 Å². The van der Waals surface area contributed by atoms with Crippen LogP contribution in [0.4, 0.5) is 0 Å². The molecule has 7 heteroatoms. The van der Waals surface area contributed by atoms with Crippen LogP contribution in [0.25, 0.3) is 0 Å². The summed E-state index contributed by atoms with van der Waals surface area (Å²) >= 11 is 0. The number of aromatic amines is 1. The number of hydrogen-bond donors (Lipinski definition) is 1. The smallest absolute Gasteiger partial charge is 0.330 e. The molecular weight excluding hydrogens is 264 g/mol. The van der Waals surface area contributed by atoms with Crippen LogP contribution in [0.5, 0.6) is 0 Å². The van der Waals surface area contributed by atoms with Crippen molar-refractivity contribution in [2.75, 3.05) is 6.61 Å². The molecule has 0 fully saturated rings. The summed E-state index contributed by atoms with van der Waals surface area (Å²) in [5, 5.41) is 0. The third-order valence-corrected chi connectivity index (χ3v) is 3.08. The molecule has 0 saturated carbocycles. The van der Waals surface area contributed by atoms with Crippen molar-refractivity contribution in [3.63, 3.8) is 0 Å². The fourth-order valence-corrected chi connectivity index (χ4v) is 1.93. The summed E-state index contributed by atoms with van der Waals surface area (Å²) in [6.45, 7) is 4.86. The first kappa shape index (κ1) is 14.3. The second kappa shape index (κ2) is 5.46. The van der Waals surface area contributed by atoms with Crippen molar-refractivity contribution in [3.8, 4) is 0 Å². The zero-order chi connectivity index (χ0) is 14.9. The molecule has 108 valence electrons. The highest BCUT2D eigenvalue weighted by molar-refractivity contribution is 5.65. The summed E-state index contributed by atoms with van der Waals surface area (Å²) in [7, 11) is 0. The van der Waals surface area contributed by atoms with Gasteiger partial charge in [0.15, 0.2) is 6.23 Å². The third kappa shape index (κ3) is 2.88. The van der Waals surface area contributed by atoms with Crippen molar-refractivity contribution in [3.05, 3.63) is 44.2 Å². The molecule has 20 heavy (non-hydrogen) atoms. The number of nitrogens with one attached hydrogen (secondary N) is 1. The summed E-state index contributed by atoms with van der Waals surface area (Å²) in [5.41, 5.74) is 0.332. The molecule has 2 unspecified atom stereocenters. The van der Waals surface area contributed by atoms with E-state index >= 15 is 0 Å². The van der Waals surface area contributed by atoms with Gasteiger partial charge in [-0.15, -0.1) is 0 Å². The molecule has 0 aliphatic carbocycles. The second-order valence-corrected chi connectivity index (χ2v) is 4.71. The lowest BCUT2D eigenvalue weighted by atomic mass is 10.2. The van der Waals surface area contributed by atoms with E-state index < -0.39 is 17.5 Å². The van der Waals surface area contributed by atoms with Crippen LogP contribution < -0.4 is 11.2 Å². The quantitative estimate of drug-likeness (QED) is 0.633. The van der Waals surface area contributed by atoms with Gasteiger partial charge in [0.05, 0.1) is 0 Å². The number of aryl methyl sites for hydroxylation is 1. The highest BCUT2D eigenvalue weighted by atomic mass is 16.6. The van der Waals surface area contributed by atoms with Gasteiger partial charge in [-0.05, 0) is 25.5 Å². The number of hydrogen-bond acceptors (Lipinski definition) is 5. The summed E-state index contributed by atoms with van der Waals surface area (Å²) in [6, 6.07) is 0. The number of carbonyl (C=O) groups excluding carboxylic acids is 1. The Morgan fingerprint density at radius 2 is 2.15 bits per heavy atom. The lowest BCUT2D eigenvalue weighted by Crippen LogP contribution is -2.33. The number of ether oxygens (including phenoxy) is 2. The molecule has 1 aromatic heterocycles. The van der Waals surface area contributed by atoms with Gasteiger partial charge in [0.1, 0.15) is 12.7 Å². The van der Waals surface area contributed by atoms with Crippen LogP contribution in [-0.4, -0.2) is 28.2 Å². The molecule has 2 rings (SSSR count). The lowest BCUT2D eigenvalue weighted by Gasteiger charge is -2.17. The van der Waals surface area contributed by atoms with Crippen LogP contribution >= 0.6 is 0 Å². The lowest BCUT2D eigenvalue weighted by molar-refractivity contribution is -0.145. The average molecular weight is 280 g/mol. The Morgan fingerprint density at radius 1 is 1.45 bits per heavy atom. The summed E-state index contributed by atoms with van der Waals surface area (Å²) in [4.78, 5) is 36.1. The van der Waals surface area contributed by atoms with Gasteiger partial charge in [0.2, 0.25) is 0 Å². The van der Waals surface area contributed by atoms with E-state index in [2.05, 4.69) is 4.98 Å². The standard InChI is InChI=1S/C13H16N2O5/c1-7-4-11(20-10(7)6-19-9(3)16)15-5-8(2)12(17)14-13(15)18/h4-5,10-11H,6H2,1-3H3,(H,14,17,18). The highest BCUT2D eigenvalue weighted by Crippen LogP contribution is 2.25. The van der Waals surface area contributed by atoms with Crippen LogP contribution in [0.2, 0.25) is 0 Å². The van der Waals surface area contributed by atoms with Gasteiger partial charge in [-0.25, -0.2) is 4.79 Å². The largest absolute Gasteiger partial charge is 0.463 e. The van der Waals surface area contributed by atoms with E-state index in [9.17, 15) is 14.4 Å². The minimum Gasteiger partial charge on any atom is -0.463 e. The minimum absolute atomic E-state index is 0.102. The van der Waals surface area contributed by atoms with E-state index in [1.165, 1.54) is 17.7 Å². The molecule has 1 N–H and O–H groups in total. The zero-order valence-corrected chi connectivity index (χ0v) is 11.5. The maximum absolute atomic E-state index is 11.8. The fourth-order valence-electron chi connectivity index (χ4n) is 1.93. The normalized spacial score (nSPS) is 21.6. The fraction of sp³-hybridized carbons (Fsp3) is 0.462. The predicted molar refractivity (Wildman–Crippen MR) is 70.4 cm³/mol. The molecule has 0 aromatic carbocycles. The molecule has 1 aliphatic heterocycles. The van der Waals surface area contributed by atoms with E-state index in [0.29, 0.717) is 5.56 Å². The van der Waals surface area contributed by atoms with Gasteiger partial charge in [-0.1, -0.05) is 0 Å². The summed E-state index contributed by atoms with van der Waals surface area (Å²) < 4.78 is 11.9. The first-order valence-corrected chi connectivity index (χ1v) is 6.17. The first-order valence-electron chi connectivity index (χ1n) is 6.17. The maximum Gasteiger partial charge on any atom is 0.330 e. The number of esters is 1. The number of aromatic nitrogens is 2. The molecule has 2 atom stereocenters. The monoisotopic (exact) mass is 280 g/mol. The average Bonchev–Trinajstić information content (AvgIpc) is 2.72. The van der Waals surface area contributed by atoms with Crippen LogP contribution in [-0.2, 0) is 14.3 Å².